The molecule has 0 bridgehead atoms. The molecule has 1 aliphatic carbocycles. The van der Waals surface area contributed by atoms with Crippen molar-refractivity contribution in [2.45, 2.75) is 32.2 Å². The predicted molar refractivity (Wildman–Crippen MR) is 77.4 cm³/mol. The van der Waals surface area contributed by atoms with Crippen LogP contribution in [0, 0.1) is 5.92 Å². The molecule has 0 saturated heterocycles. The number of anilines is 1. The molecule has 1 fully saturated rings. The first kappa shape index (κ1) is 14.4. The van der Waals surface area contributed by atoms with E-state index in [2.05, 4.69) is 0 Å². The van der Waals surface area contributed by atoms with Gasteiger partial charge in [0.1, 0.15) is 0 Å². The standard InChI is InChI=1S/C15H21N3O2/c16-13-6-2-5-12(7-13)9-18(10-14(17)19)15(20)8-11-3-1-4-11/h2,5-7,11H,1,3-4,8-10,16H2,(H2,17,19). The summed E-state index contributed by atoms with van der Waals surface area (Å²) in [5.41, 5.74) is 12.5. The molecule has 0 heterocycles. The molecule has 2 amide bonds. The third kappa shape index (κ3) is 3.98. The average Bonchev–Trinajstić information content (AvgIpc) is 2.32. The second-order valence-electron chi connectivity index (χ2n) is 5.46. The zero-order valence-corrected chi connectivity index (χ0v) is 11.5. The number of nitrogen functional groups attached to an aromatic ring is 1. The van der Waals surface area contributed by atoms with Crippen LogP contribution < -0.4 is 11.5 Å². The Bertz CT molecular complexity index is 498. The SMILES string of the molecule is NC(=O)CN(Cc1cccc(N)c1)C(=O)CC1CCC1. The highest BCUT2D eigenvalue weighted by molar-refractivity contribution is 5.84. The van der Waals surface area contributed by atoms with Crippen LogP contribution in [0.4, 0.5) is 5.69 Å². The molecule has 0 aliphatic heterocycles. The van der Waals surface area contributed by atoms with E-state index in [1.807, 2.05) is 18.2 Å². The summed E-state index contributed by atoms with van der Waals surface area (Å²) in [5.74, 6) is -0.0227. The number of amides is 2. The minimum atomic E-state index is -0.490. The van der Waals surface area contributed by atoms with E-state index in [0.717, 1.165) is 18.4 Å². The fraction of sp³-hybridized carbons (Fsp3) is 0.467. The van der Waals surface area contributed by atoms with Crippen molar-refractivity contribution >= 4 is 17.5 Å². The van der Waals surface area contributed by atoms with Gasteiger partial charge in [-0.2, -0.15) is 0 Å². The summed E-state index contributed by atoms with van der Waals surface area (Å²) in [7, 11) is 0. The van der Waals surface area contributed by atoms with Crippen LogP contribution in [0.25, 0.3) is 0 Å². The van der Waals surface area contributed by atoms with Gasteiger partial charge in [0.05, 0.1) is 6.54 Å². The highest BCUT2D eigenvalue weighted by Gasteiger charge is 2.24. The lowest BCUT2D eigenvalue weighted by atomic mass is 9.82. The number of carbonyl (C=O) groups excluding carboxylic acids is 2. The Morgan fingerprint density at radius 1 is 1.30 bits per heavy atom. The van der Waals surface area contributed by atoms with Crippen LogP contribution in [0.1, 0.15) is 31.2 Å². The average molecular weight is 275 g/mol. The van der Waals surface area contributed by atoms with Gasteiger partial charge in [-0.3, -0.25) is 9.59 Å². The van der Waals surface area contributed by atoms with E-state index >= 15 is 0 Å². The molecule has 0 atom stereocenters. The Hall–Kier alpha value is -2.04. The van der Waals surface area contributed by atoms with E-state index in [1.54, 1.807) is 6.07 Å². The van der Waals surface area contributed by atoms with Crippen molar-refractivity contribution in [2.24, 2.45) is 11.7 Å². The van der Waals surface area contributed by atoms with E-state index in [9.17, 15) is 9.59 Å². The van der Waals surface area contributed by atoms with E-state index in [-0.39, 0.29) is 12.5 Å². The quantitative estimate of drug-likeness (QED) is 0.766. The first-order valence-electron chi connectivity index (χ1n) is 6.95. The van der Waals surface area contributed by atoms with Crippen LogP contribution in [0.3, 0.4) is 0 Å². The summed E-state index contributed by atoms with van der Waals surface area (Å²) in [5, 5.41) is 0. The summed E-state index contributed by atoms with van der Waals surface area (Å²) in [6, 6.07) is 7.33. The van der Waals surface area contributed by atoms with E-state index < -0.39 is 5.91 Å². The maximum absolute atomic E-state index is 12.3. The molecule has 0 unspecified atom stereocenters. The van der Waals surface area contributed by atoms with Crippen LogP contribution in [-0.2, 0) is 16.1 Å². The van der Waals surface area contributed by atoms with Crippen LogP contribution in [0.15, 0.2) is 24.3 Å². The molecule has 4 N–H and O–H groups in total. The minimum absolute atomic E-state index is 0.00377. The number of carbonyl (C=O) groups is 2. The Morgan fingerprint density at radius 3 is 2.60 bits per heavy atom. The van der Waals surface area contributed by atoms with Gasteiger partial charge in [0.2, 0.25) is 11.8 Å². The van der Waals surface area contributed by atoms with Gasteiger partial charge in [-0.15, -0.1) is 0 Å². The lowest BCUT2D eigenvalue weighted by Crippen LogP contribution is -2.39. The fourth-order valence-corrected chi connectivity index (χ4v) is 2.41. The third-order valence-electron chi connectivity index (χ3n) is 3.71. The summed E-state index contributed by atoms with van der Waals surface area (Å²) >= 11 is 0. The van der Waals surface area contributed by atoms with Gasteiger partial charge in [-0.25, -0.2) is 0 Å². The zero-order chi connectivity index (χ0) is 14.5. The van der Waals surface area contributed by atoms with Crippen LogP contribution >= 0.6 is 0 Å². The molecule has 5 heteroatoms. The number of benzene rings is 1. The molecular formula is C15H21N3O2. The second kappa shape index (κ2) is 6.41. The molecule has 0 spiro atoms. The Labute approximate surface area is 118 Å². The van der Waals surface area contributed by atoms with Gasteiger partial charge < -0.3 is 16.4 Å². The number of rotatable bonds is 6. The topological polar surface area (TPSA) is 89.4 Å². The van der Waals surface area contributed by atoms with Crippen molar-refractivity contribution in [1.82, 2.24) is 4.90 Å². The summed E-state index contributed by atoms with van der Waals surface area (Å²) in [6.07, 6.45) is 3.92. The molecular weight excluding hydrogens is 254 g/mol. The van der Waals surface area contributed by atoms with Crippen molar-refractivity contribution in [1.29, 1.82) is 0 Å². The molecule has 1 aromatic rings. The lowest BCUT2D eigenvalue weighted by Gasteiger charge is -2.28. The number of hydrogen-bond donors (Lipinski definition) is 2. The van der Waals surface area contributed by atoms with E-state index in [1.165, 1.54) is 11.3 Å². The van der Waals surface area contributed by atoms with E-state index in [4.69, 9.17) is 11.5 Å². The lowest BCUT2D eigenvalue weighted by molar-refractivity contribution is -0.137. The maximum atomic E-state index is 12.3. The molecule has 20 heavy (non-hydrogen) atoms. The van der Waals surface area contributed by atoms with Crippen molar-refractivity contribution in [3.8, 4) is 0 Å². The number of nitrogens with zero attached hydrogens (tertiary/aromatic N) is 1. The minimum Gasteiger partial charge on any atom is -0.399 e. The maximum Gasteiger partial charge on any atom is 0.237 e. The largest absolute Gasteiger partial charge is 0.399 e. The predicted octanol–water partition coefficient (Wildman–Crippen LogP) is 1.27. The molecule has 108 valence electrons. The van der Waals surface area contributed by atoms with Crippen LogP contribution in [0.5, 0.6) is 0 Å². The Balaban J connectivity index is 2.02. The van der Waals surface area contributed by atoms with E-state index in [0.29, 0.717) is 24.6 Å². The normalized spacial score (nSPS) is 14.6. The fourth-order valence-electron chi connectivity index (χ4n) is 2.41. The number of nitrogens with two attached hydrogens (primary N) is 2. The molecule has 1 aromatic carbocycles. The summed E-state index contributed by atoms with van der Waals surface area (Å²) in [4.78, 5) is 24.9. The molecule has 1 saturated carbocycles. The first-order chi connectivity index (χ1) is 9.54. The van der Waals surface area contributed by atoms with Crippen molar-refractivity contribution in [3.05, 3.63) is 29.8 Å². The van der Waals surface area contributed by atoms with Crippen LogP contribution in [-0.4, -0.2) is 23.3 Å². The molecule has 0 aromatic heterocycles. The number of primary amides is 1. The van der Waals surface area contributed by atoms with Gasteiger partial charge in [0.25, 0.3) is 0 Å². The zero-order valence-electron chi connectivity index (χ0n) is 11.5. The molecule has 5 nitrogen and oxygen atoms in total. The van der Waals surface area contributed by atoms with Gasteiger partial charge in [0.15, 0.2) is 0 Å². The van der Waals surface area contributed by atoms with Gasteiger partial charge >= 0.3 is 0 Å². The Kier molecular flexibility index (Phi) is 4.61. The number of hydrogen-bond acceptors (Lipinski definition) is 3. The van der Waals surface area contributed by atoms with Crippen LogP contribution in [0.2, 0.25) is 0 Å². The van der Waals surface area contributed by atoms with Crippen molar-refractivity contribution in [2.75, 3.05) is 12.3 Å². The molecule has 2 rings (SSSR count). The van der Waals surface area contributed by atoms with Gasteiger partial charge in [-0.1, -0.05) is 18.6 Å². The van der Waals surface area contributed by atoms with Gasteiger partial charge in [0, 0.05) is 18.7 Å². The summed E-state index contributed by atoms with van der Waals surface area (Å²) in [6.45, 7) is 0.333. The highest BCUT2D eigenvalue weighted by Crippen LogP contribution is 2.30. The monoisotopic (exact) mass is 275 g/mol. The second-order valence-corrected chi connectivity index (χ2v) is 5.46. The molecule has 0 radical (unpaired) electrons. The first-order valence-corrected chi connectivity index (χ1v) is 6.95. The Morgan fingerprint density at radius 2 is 2.05 bits per heavy atom. The third-order valence-corrected chi connectivity index (χ3v) is 3.71. The van der Waals surface area contributed by atoms with Gasteiger partial charge in [-0.05, 0) is 36.5 Å². The molecule has 1 aliphatic rings. The van der Waals surface area contributed by atoms with Crippen molar-refractivity contribution < 1.29 is 9.59 Å². The smallest absolute Gasteiger partial charge is 0.237 e. The summed E-state index contributed by atoms with van der Waals surface area (Å²) < 4.78 is 0. The van der Waals surface area contributed by atoms with Crippen molar-refractivity contribution in [3.63, 3.8) is 0 Å². The highest BCUT2D eigenvalue weighted by atomic mass is 16.2.